The summed E-state index contributed by atoms with van der Waals surface area (Å²) in [4.78, 5) is 10.7. The predicted molar refractivity (Wildman–Crippen MR) is 86.5 cm³/mol. The number of hydrogen-bond donors (Lipinski definition) is 1. The van der Waals surface area contributed by atoms with Gasteiger partial charge in [0, 0.05) is 24.2 Å². The Morgan fingerprint density at radius 1 is 1.35 bits per heavy atom. The van der Waals surface area contributed by atoms with E-state index in [1.54, 1.807) is 18.2 Å². The first-order valence-corrected chi connectivity index (χ1v) is 7.86. The summed E-state index contributed by atoms with van der Waals surface area (Å²) < 4.78 is 11.3. The molecule has 2 aromatic rings. The Labute approximate surface area is 138 Å². The average molecular weight is 337 g/mol. The quantitative estimate of drug-likeness (QED) is 0.641. The van der Waals surface area contributed by atoms with E-state index in [0.717, 1.165) is 31.8 Å². The van der Waals surface area contributed by atoms with Gasteiger partial charge in [-0.1, -0.05) is 11.6 Å². The fourth-order valence-corrected chi connectivity index (χ4v) is 2.81. The van der Waals surface area contributed by atoms with Gasteiger partial charge in [0.2, 0.25) is 0 Å². The SMILES string of the molecule is O=[N+]([O-])c1cc(Cl)ccc1-c1ccc(CNCC2CCCO2)o1. The Morgan fingerprint density at radius 3 is 2.96 bits per heavy atom. The minimum atomic E-state index is -0.459. The average Bonchev–Trinajstić information content (AvgIpc) is 3.19. The van der Waals surface area contributed by atoms with Crippen LogP contribution in [0.15, 0.2) is 34.7 Å². The largest absolute Gasteiger partial charge is 0.459 e. The number of halogens is 1. The van der Waals surface area contributed by atoms with E-state index in [2.05, 4.69) is 5.32 Å². The van der Waals surface area contributed by atoms with E-state index in [1.807, 2.05) is 6.07 Å². The monoisotopic (exact) mass is 336 g/mol. The molecular formula is C16H17ClN2O4. The molecule has 0 amide bonds. The standard InChI is InChI=1S/C16H17ClN2O4/c17-11-3-5-14(15(8-11)19(20)21)16-6-4-13(23-16)10-18-9-12-2-1-7-22-12/h3-6,8,12,18H,1-2,7,9-10H2. The molecule has 1 aromatic heterocycles. The molecule has 1 aliphatic rings. The van der Waals surface area contributed by atoms with Gasteiger partial charge < -0.3 is 14.5 Å². The van der Waals surface area contributed by atoms with Crippen LogP contribution in [0.5, 0.6) is 0 Å². The molecule has 122 valence electrons. The van der Waals surface area contributed by atoms with Crippen molar-refractivity contribution in [3.63, 3.8) is 0 Å². The molecule has 7 heteroatoms. The number of nitrogens with zero attached hydrogens (tertiary/aromatic N) is 1. The van der Waals surface area contributed by atoms with E-state index in [-0.39, 0.29) is 11.8 Å². The smallest absolute Gasteiger partial charge is 0.281 e. The van der Waals surface area contributed by atoms with E-state index in [9.17, 15) is 10.1 Å². The lowest BCUT2D eigenvalue weighted by Crippen LogP contribution is -2.25. The fourth-order valence-electron chi connectivity index (χ4n) is 2.64. The zero-order chi connectivity index (χ0) is 16.2. The number of furan rings is 1. The molecule has 2 heterocycles. The summed E-state index contributed by atoms with van der Waals surface area (Å²) in [7, 11) is 0. The summed E-state index contributed by atoms with van der Waals surface area (Å²) in [5.74, 6) is 1.18. The molecule has 3 rings (SSSR count). The van der Waals surface area contributed by atoms with Crippen molar-refractivity contribution in [3.05, 3.63) is 51.2 Å². The third kappa shape index (κ3) is 3.90. The fraction of sp³-hybridized carbons (Fsp3) is 0.375. The lowest BCUT2D eigenvalue weighted by molar-refractivity contribution is -0.384. The van der Waals surface area contributed by atoms with Crippen LogP contribution in [0, 0.1) is 10.1 Å². The van der Waals surface area contributed by atoms with Gasteiger partial charge in [-0.2, -0.15) is 0 Å². The number of ether oxygens (including phenoxy) is 1. The third-order valence-electron chi connectivity index (χ3n) is 3.78. The third-order valence-corrected chi connectivity index (χ3v) is 4.01. The second-order valence-electron chi connectivity index (χ2n) is 5.45. The van der Waals surface area contributed by atoms with Crippen LogP contribution in [0.3, 0.4) is 0 Å². The van der Waals surface area contributed by atoms with Gasteiger partial charge >= 0.3 is 0 Å². The molecule has 1 fully saturated rings. The van der Waals surface area contributed by atoms with Gasteiger partial charge in [0.25, 0.3) is 5.69 Å². The molecule has 23 heavy (non-hydrogen) atoms. The van der Waals surface area contributed by atoms with E-state index < -0.39 is 4.92 Å². The minimum absolute atomic E-state index is 0.0642. The minimum Gasteiger partial charge on any atom is -0.459 e. The van der Waals surface area contributed by atoms with Crippen LogP contribution in [-0.2, 0) is 11.3 Å². The maximum absolute atomic E-state index is 11.2. The molecular weight excluding hydrogens is 320 g/mol. The Morgan fingerprint density at radius 2 is 2.22 bits per heavy atom. The molecule has 6 nitrogen and oxygen atoms in total. The second kappa shape index (κ2) is 7.12. The van der Waals surface area contributed by atoms with Crippen LogP contribution in [-0.4, -0.2) is 24.2 Å². The van der Waals surface area contributed by atoms with Crippen molar-refractivity contribution in [1.82, 2.24) is 5.32 Å². The molecule has 1 aliphatic heterocycles. The van der Waals surface area contributed by atoms with Gasteiger partial charge in [-0.15, -0.1) is 0 Å². The van der Waals surface area contributed by atoms with Crippen molar-refractivity contribution in [2.24, 2.45) is 0 Å². The number of rotatable bonds is 6. The van der Waals surface area contributed by atoms with Gasteiger partial charge in [-0.25, -0.2) is 0 Å². The summed E-state index contributed by atoms with van der Waals surface area (Å²) in [6.07, 6.45) is 2.45. The Kier molecular flexibility index (Phi) is 4.95. The van der Waals surface area contributed by atoms with E-state index in [1.165, 1.54) is 6.07 Å². The van der Waals surface area contributed by atoms with Crippen LogP contribution in [0.4, 0.5) is 5.69 Å². The number of nitrogens with one attached hydrogen (secondary N) is 1. The van der Waals surface area contributed by atoms with Gasteiger partial charge in [0.05, 0.1) is 23.1 Å². The molecule has 0 radical (unpaired) electrons. The van der Waals surface area contributed by atoms with Crippen molar-refractivity contribution in [2.45, 2.75) is 25.5 Å². The highest BCUT2D eigenvalue weighted by Crippen LogP contribution is 2.33. The normalized spacial score (nSPS) is 17.5. The van der Waals surface area contributed by atoms with Crippen molar-refractivity contribution >= 4 is 17.3 Å². The van der Waals surface area contributed by atoms with Crippen molar-refractivity contribution < 1.29 is 14.1 Å². The first-order chi connectivity index (χ1) is 11.1. The highest BCUT2D eigenvalue weighted by molar-refractivity contribution is 6.30. The van der Waals surface area contributed by atoms with Gasteiger partial charge in [0.15, 0.2) is 0 Å². The first-order valence-electron chi connectivity index (χ1n) is 7.49. The van der Waals surface area contributed by atoms with Crippen molar-refractivity contribution in [3.8, 4) is 11.3 Å². The van der Waals surface area contributed by atoms with E-state index in [4.69, 9.17) is 20.8 Å². The topological polar surface area (TPSA) is 77.5 Å². The molecule has 1 unspecified atom stereocenters. The molecule has 0 saturated carbocycles. The maximum Gasteiger partial charge on any atom is 0.281 e. The van der Waals surface area contributed by atoms with Gasteiger partial charge in [-0.3, -0.25) is 10.1 Å². The Balaban J connectivity index is 1.68. The lowest BCUT2D eigenvalue weighted by Gasteiger charge is -2.09. The number of benzene rings is 1. The molecule has 1 aromatic carbocycles. The highest BCUT2D eigenvalue weighted by Gasteiger charge is 2.19. The lowest BCUT2D eigenvalue weighted by atomic mass is 10.1. The number of nitro benzene ring substituents is 1. The molecule has 1 saturated heterocycles. The van der Waals surface area contributed by atoms with Crippen LogP contribution >= 0.6 is 11.6 Å². The highest BCUT2D eigenvalue weighted by atomic mass is 35.5. The van der Waals surface area contributed by atoms with Crippen molar-refractivity contribution in [1.29, 1.82) is 0 Å². The number of nitro groups is 1. The van der Waals surface area contributed by atoms with Gasteiger partial charge in [-0.05, 0) is 37.1 Å². The summed E-state index contributed by atoms with van der Waals surface area (Å²) in [5, 5.41) is 14.8. The zero-order valence-electron chi connectivity index (χ0n) is 12.5. The number of hydrogen-bond acceptors (Lipinski definition) is 5. The van der Waals surface area contributed by atoms with Crippen LogP contribution in [0.1, 0.15) is 18.6 Å². The molecule has 1 N–H and O–H groups in total. The molecule has 0 spiro atoms. The predicted octanol–water partition coefficient (Wildman–Crippen LogP) is 3.78. The molecule has 0 aliphatic carbocycles. The van der Waals surface area contributed by atoms with E-state index in [0.29, 0.717) is 22.9 Å². The summed E-state index contributed by atoms with van der Waals surface area (Å²) in [5.41, 5.74) is 0.357. The van der Waals surface area contributed by atoms with E-state index >= 15 is 0 Å². The summed E-state index contributed by atoms with van der Waals surface area (Å²) >= 11 is 5.83. The van der Waals surface area contributed by atoms with Crippen LogP contribution in [0.25, 0.3) is 11.3 Å². The molecule has 1 atom stereocenters. The first kappa shape index (κ1) is 16.0. The molecule has 0 bridgehead atoms. The van der Waals surface area contributed by atoms with Crippen LogP contribution in [0.2, 0.25) is 5.02 Å². The summed E-state index contributed by atoms with van der Waals surface area (Å²) in [6.45, 7) is 2.16. The van der Waals surface area contributed by atoms with Crippen LogP contribution < -0.4 is 5.32 Å². The van der Waals surface area contributed by atoms with Crippen molar-refractivity contribution in [2.75, 3.05) is 13.2 Å². The second-order valence-corrected chi connectivity index (χ2v) is 5.89. The Bertz CT molecular complexity index is 695. The van der Waals surface area contributed by atoms with Gasteiger partial charge in [0.1, 0.15) is 11.5 Å². The Hall–Kier alpha value is -1.89. The summed E-state index contributed by atoms with van der Waals surface area (Å²) in [6, 6.07) is 8.09. The maximum atomic E-state index is 11.2. The zero-order valence-corrected chi connectivity index (χ0v) is 13.2.